The molecule has 0 nitrogen and oxygen atoms in total. The molecule has 0 aliphatic carbocycles. The van der Waals surface area contributed by atoms with Crippen LogP contribution in [0.2, 0.25) is 19.6 Å². The minimum Gasteiger partial charge on any atom is -0.126 e. The SMILES string of the molecule is CCC(=C=Cc1ccccc1)[Si](C)(C)C. The van der Waals surface area contributed by atoms with Crippen molar-refractivity contribution in [1.82, 2.24) is 0 Å². The van der Waals surface area contributed by atoms with Crippen LogP contribution in [0.1, 0.15) is 18.9 Å². The van der Waals surface area contributed by atoms with Crippen molar-refractivity contribution < 1.29 is 0 Å². The van der Waals surface area contributed by atoms with Gasteiger partial charge >= 0.3 is 0 Å². The lowest BCUT2D eigenvalue weighted by Crippen LogP contribution is -2.22. The van der Waals surface area contributed by atoms with Crippen molar-refractivity contribution in [3.05, 3.63) is 46.8 Å². The molecule has 0 saturated carbocycles. The zero-order chi connectivity index (χ0) is 11.3. The van der Waals surface area contributed by atoms with Crippen LogP contribution < -0.4 is 0 Å². The first-order chi connectivity index (χ1) is 7.04. The Labute approximate surface area is 94.4 Å². The Morgan fingerprint density at radius 1 is 1.20 bits per heavy atom. The van der Waals surface area contributed by atoms with Crippen LogP contribution in [0.5, 0.6) is 0 Å². The molecule has 0 fully saturated rings. The van der Waals surface area contributed by atoms with Crippen LogP contribution in [-0.4, -0.2) is 8.07 Å². The van der Waals surface area contributed by atoms with Crippen LogP contribution in [-0.2, 0) is 0 Å². The molecule has 0 aromatic heterocycles. The van der Waals surface area contributed by atoms with Gasteiger partial charge in [-0.25, -0.2) is 0 Å². The van der Waals surface area contributed by atoms with E-state index in [0.717, 1.165) is 6.42 Å². The number of benzene rings is 1. The minimum atomic E-state index is -1.17. The van der Waals surface area contributed by atoms with E-state index in [1.165, 1.54) is 10.8 Å². The second-order valence-electron chi connectivity index (χ2n) is 4.78. The van der Waals surface area contributed by atoms with Gasteiger partial charge in [0, 0.05) is 0 Å². The van der Waals surface area contributed by atoms with Gasteiger partial charge in [-0.15, -0.1) is 5.73 Å². The lowest BCUT2D eigenvalue weighted by Gasteiger charge is -2.16. The van der Waals surface area contributed by atoms with Crippen molar-refractivity contribution in [1.29, 1.82) is 0 Å². The maximum Gasteiger partial charge on any atom is 0.0823 e. The van der Waals surface area contributed by atoms with Crippen LogP contribution in [0.3, 0.4) is 0 Å². The molecule has 0 saturated heterocycles. The summed E-state index contributed by atoms with van der Waals surface area (Å²) >= 11 is 0. The molecule has 15 heavy (non-hydrogen) atoms. The number of rotatable bonds is 3. The molecule has 80 valence electrons. The van der Waals surface area contributed by atoms with Crippen molar-refractivity contribution in [2.75, 3.05) is 0 Å². The van der Waals surface area contributed by atoms with Crippen LogP contribution in [0, 0.1) is 0 Å². The molecule has 0 unspecified atom stereocenters. The third-order valence-electron chi connectivity index (χ3n) is 2.47. The van der Waals surface area contributed by atoms with E-state index in [0.29, 0.717) is 0 Å². The zero-order valence-electron chi connectivity index (χ0n) is 10.2. The second-order valence-corrected chi connectivity index (χ2v) is 9.89. The Kier molecular flexibility index (Phi) is 4.13. The van der Waals surface area contributed by atoms with Gasteiger partial charge in [0.2, 0.25) is 0 Å². The lowest BCUT2D eigenvalue weighted by atomic mass is 10.2. The van der Waals surface area contributed by atoms with E-state index in [9.17, 15) is 0 Å². The Morgan fingerprint density at radius 3 is 2.27 bits per heavy atom. The molecule has 0 atom stereocenters. The number of hydrogen-bond acceptors (Lipinski definition) is 0. The van der Waals surface area contributed by atoms with Crippen LogP contribution in [0.4, 0.5) is 0 Å². The van der Waals surface area contributed by atoms with Crippen LogP contribution in [0.25, 0.3) is 6.08 Å². The Hall–Kier alpha value is -1.04. The maximum absolute atomic E-state index is 3.48. The molecule has 0 radical (unpaired) electrons. The van der Waals surface area contributed by atoms with Gasteiger partial charge in [0.25, 0.3) is 0 Å². The first kappa shape index (κ1) is 12.0. The van der Waals surface area contributed by atoms with Crippen molar-refractivity contribution in [3.63, 3.8) is 0 Å². The average Bonchev–Trinajstić information content (AvgIpc) is 2.18. The van der Waals surface area contributed by atoms with Gasteiger partial charge in [0.05, 0.1) is 8.07 Å². The van der Waals surface area contributed by atoms with Gasteiger partial charge in [-0.3, -0.25) is 0 Å². The molecular formula is C14H20Si. The van der Waals surface area contributed by atoms with E-state index in [1.807, 2.05) is 6.07 Å². The van der Waals surface area contributed by atoms with E-state index in [2.05, 4.69) is 62.6 Å². The van der Waals surface area contributed by atoms with Gasteiger partial charge in [-0.05, 0) is 23.3 Å². The van der Waals surface area contributed by atoms with Gasteiger partial charge < -0.3 is 0 Å². The van der Waals surface area contributed by atoms with Crippen LogP contribution >= 0.6 is 0 Å². The van der Waals surface area contributed by atoms with E-state index < -0.39 is 8.07 Å². The van der Waals surface area contributed by atoms with Crippen molar-refractivity contribution in [2.24, 2.45) is 0 Å². The monoisotopic (exact) mass is 216 g/mol. The molecule has 0 aliphatic rings. The largest absolute Gasteiger partial charge is 0.126 e. The Bertz CT molecular complexity index is 362. The molecule has 1 aromatic carbocycles. The predicted octanol–water partition coefficient (Wildman–Crippen LogP) is 4.51. The fourth-order valence-electron chi connectivity index (χ4n) is 1.57. The van der Waals surface area contributed by atoms with Gasteiger partial charge in [0.1, 0.15) is 0 Å². The standard InChI is InChI=1S/C14H20Si/c1-5-14(15(2,3)4)12-11-13-9-7-6-8-10-13/h6-11H,5H2,1-4H3. The van der Waals surface area contributed by atoms with Gasteiger partial charge in [-0.1, -0.05) is 56.9 Å². The van der Waals surface area contributed by atoms with Crippen molar-refractivity contribution >= 4 is 14.1 Å². The summed E-state index contributed by atoms with van der Waals surface area (Å²) in [6.45, 7) is 9.34. The smallest absolute Gasteiger partial charge is 0.0823 e. The summed E-state index contributed by atoms with van der Waals surface area (Å²) in [5.41, 5.74) is 4.72. The second kappa shape index (κ2) is 5.15. The molecule has 0 heterocycles. The van der Waals surface area contributed by atoms with E-state index >= 15 is 0 Å². The minimum absolute atomic E-state index is 1.12. The quantitative estimate of drug-likeness (QED) is 0.515. The van der Waals surface area contributed by atoms with Crippen molar-refractivity contribution in [3.8, 4) is 0 Å². The third kappa shape index (κ3) is 3.91. The zero-order valence-corrected chi connectivity index (χ0v) is 11.2. The molecule has 0 amide bonds. The van der Waals surface area contributed by atoms with Gasteiger partial charge in [-0.2, -0.15) is 0 Å². The predicted molar refractivity (Wildman–Crippen MR) is 71.6 cm³/mol. The lowest BCUT2D eigenvalue weighted by molar-refractivity contribution is 1.17. The summed E-state index contributed by atoms with van der Waals surface area (Å²) < 4.78 is 0. The maximum atomic E-state index is 3.48. The molecule has 0 N–H and O–H groups in total. The fraction of sp³-hybridized carbons (Fsp3) is 0.357. The highest BCUT2D eigenvalue weighted by Crippen LogP contribution is 2.16. The number of allylic oxidation sites excluding steroid dienone is 1. The molecule has 1 rings (SSSR count). The highest BCUT2D eigenvalue weighted by molar-refractivity contribution is 6.83. The van der Waals surface area contributed by atoms with Gasteiger partial charge in [0.15, 0.2) is 0 Å². The molecule has 0 spiro atoms. The summed E-state index contributed by atoms with van der Waals surface area (Å²) in [6, 6.07) is 10.4. The molecular weight excluding hydrogens is 196 g/mol. The highest BCUT2D eigenvalue weighted by atomic mass is 28.3. The first-order valence-electron chi connectivity index (χ1n) is 5.55. The van der Waals surface area contributed by atoms with Crippen LogP contribution in [0.15, 0.2) is 41.3 Å². The summed E-state index contributed by atoms with van der Waals surface area (Å²) in [6.07, 6.45) is 3.23. The number of hydrogen-bond donors (Lipinski definition) is 0. The average molecular weight is 216 g/mol. The summed E-state index contributed by atoms with van der Waals surface area (Å²) in [5.74, 6) is 0. The van der Waals surface area contributed by atoms with E-state index in [-0.39, 0.29) is 0 Å². The molecule has 0 aliphatic heterocycles. The summed E-state index contributed by atoms with van der Waals surface area (Å²) in [7, 11) is -1.17. The van der Waals surface area contributed by atoms with E-state index in [4.69, 9.17) is 0 Å². The first-order valence-corrected chi connectivity index (χ1v) is 9.05. The fourth-order valence-corrected chi connectivity index (χ4v) is 3.13. The Balaban J connectivity index is 2.99. The van der Waals surface area contributed by atoms with Crippen molar-refractivity contribution in [2.45, 2.75) is 33.0 Å². The summed E-state index contributed by atoms with van der Waals surface area (Å²) in [5, 5.41) is 1.51. The molecule has 0 bridgehead atoms. The topological polar surface area (TPSA) is 0 Å². The van der Waals surface area contributed by atoms with E-state index in [1.54, 1.807) is 0 Å². The molecule has 1 heteroatoms. The Morgan fingerprint density at radius 2 is 1.80 bits per heavy atom. The normalized spacial score (nSPS) is 10.7. The summed E-state index contributed by atoms with van der Waals surface area (Å²) in [4.78, 5) is 0. The molecule has 1 aromatic rings. The highest BCUT2D eigenvalue weighted by Gasteiger charge is 2.16. The third-order valence-corrected chi connectivity index (χ3v) is 4.78.